The third-order valence-corrected chi connectivity index (χ3v) is 5.43. The molecule has 31 heavy (non-hydrogen) atoms. The lowest BCUT2D eigenvalue weighted by atomic mass is 9.94. The topological polar surface area (TPSA) is 79.3 Å². The van der Waals surface area contributed by atoms with Crippen LogP contribution in [-0.2, 0) is 9.59 Å². The van der Waals surface area contributed by atoms with Crippen molar-refractivity contribution in [2.24, 2.45) is 0 Å². The van der Waals surface area contributed by atoms with Crippen LogP contribution in [0.3, 0.4) is 0 Å². The molecule has 3 rings (SSSR count). The molecule has 1 unspecified atom stereocenters. The van der Waals surface area contributed by atoms with E-state index >= 15 is 0 Å². The molecule has 2 aromatic carbocycles. The minimum absolute atomic E-state index is 0.0535. The van der Waals surface area contributed by atoms with Crippen LogP contribution in [0.1, 0.15) is 22.7 Å². The normalized spacial score (nSPS) is 18.0. The Kier molecular flexibility index (Phi) is 6.65. The second-order valence-electron chi connectivity index (χ2n) is 7.72. The summed E-state index contributed by atoms with van der Waals surface area (Å²) >= 11 is 0. The van der Waals surface area contributed by atoms with E-state index in [-0.39, 0.29) is 11.3 Å². The van der Waals surface area contributed by atoms with Crippen molar-refractivity contribution in [2.75, 3.05) is 41.4 Å². The van der Waals surface area contributed by atoms with Crippen LogP contribution in [0, 0.1) is 6.92 Å². The van der Waals surface area contributed by atoms with Gasteiger partial charge in [0.2, 0.25) is 0 Å². The number of hydrogen-bond donors (Lipinski definition) is 1. The van der Waals surface area contributed by atoms with Gasteiger partial charge in [0.05, 0.1) is 25.8 Å². The highest BCUT2D eigenvalue weighted by molar-refractivity contribution is 6.46. The van der Waals surface area contributed by atoms with Crippen molar-refractivity contribution in [3.05, 3.63) is 64.7 Å². The Hall–Kier alpha value is -3.32. The monoisotopic (exact) mass is 424 g/mol. The summed E-state index contributed by atoms with van der Waals surface area (Å²) in [6.45, 7) is 2.75. The molecule has 1 aliphatic heterocycles. The fourth-order valence-electron chi connectivity index (χ4n) is 3.82. The maximum atomic E-state index is 13.1. The molecule has 164 valence electrons. The van der Waals surface area contributed by atoms with E-state index in [0.717, 1.165) is 5.56 Å². The van der Waals surface area contributed by atoms with E-state index < -0.39 is 17.7 Å². The fraction of sp³-hybridized carbons (Fsp3) is 0.333. The zero-order chi connectivity index (χ0) is 22.7. The number of para-hydroxylation sites is 1. The highest BCUT2D eigenvalue weighted by atomic mass is 16.5. The smallest absolute Gasteiger partial charge is 0.295 e. The number of hydrogen-bond acceptors (Lipinski definition) is 6. The van der Waals surface area contributed by atoms with Gasteiger partial charge in [-0.15, -0.1) is 0 Å². The molecular formula is C24H28N2O5. The summed E-state index contributed by atoms with van der Waals surface area (Å²) in [5.74, 6) is -0.345. The zero-order valence-electron chi connectivity index (χ0n) is 18.5. The number of ketones is 1. The van der Waals surface area contributed by atoms with Crippen molar-refractivity contribution in [1.29, 1.82) is 0 Å². The van der Waals surface area contributed by atoms with Crippen LogP contribution in [0.4, 0.5) is 0 Å². The first kappa shape index (κ1) is 22.4. The summed E-state index contributed by atoms with van der Waals surface area (Å²) in [6.07, 6.45) is 0. The van der Waals surface area contributed by atoms with Crippen LogP contribution in [-0.4, -0.2) is 68.0 Å². The van der Waals surface area contributed by atoms with E-state index in [9.17, 15) is 14.7 Å². The summed E-state index contributed by atoms with van der Waals surface area (Å²) in [4.78, 5) is 29.5. The van der Waals surface area contributed by atoms with Gasteiger partial charge in [0.1, 0.15) is 17.3 Å². The molecule has 7 nitrogen and oxygen atoms in total. The summed E-state index contributed by atoms with van der Waals surface area (Å²) in [7, 11) is 6.90. The largest absolute Gasteiger partial charge is 0.507 e. The van der Waals surface area contributed by atoms with E-state index in [1.54, 1.807) is 31.4 Å². The van der Waals surface area contributed by atoms with Crippen LogP contribution in [0.5, 0.6) is 11.5 Å². The number of likely N-dealkylation sites (N-methyl/N-ethyl adjacent to an activating group) is 1. The van der Waals surface area contributed by atoms with Gasteiger partial charge in [-0.25, -0.2) is 0 Å². The molecule has 0 aliphatic carbocycles. The maximum Gasteiger partial charge on any atom is 0.295 e. The van der Waals surface area contributed by atoms with Crippen molar-refractivity contribution in [2.45, 2.75) is 13.0 Å². The van der Waals surface area contributed by atoms with Crippen molar-refractivity contribution >= 4 is 17.4 Å². The van der Waals surface area contributed by atoms with E-state index in [1.165, 1.54) is 12.0 Å². The second-order valence-corrected chi connectivity index (χ2v) is 7.72. The summed E-state index contributed by atoms with van der Waals surface area (Å²) in [6, 6.07) is 11.6. The number of Topliss-reactive ketones (excluding diaryl/α,β-unsaturated/α-hetero) is 1. The molecule has 1 saturated heterocycles. The Morgan fingerprint density at radius 2 is 1.74 bits per heavy atom. The minimum atomic E-state index is -0.751. The van der Waals surface area contributed by atoms with Crippen LogP contribution in [0.25, 0.3) is 5.76 Å². The number of aliphatic hydroxyl groups excluding tert-OH is 1. The average molecular weight is 424 g/mol. The van der Waals surface area contributed by atoms with Crippen LogP contribution >= 0.6 is 0 Å². The molecule has 0 radical (unpaired) electrons. The summed E-state index contributed by atoms with van der Waals surface area (Å²) < 4.78 is 10.8. The predicted molar refractivity (Wildman–Crippen MR) is 118 cm³/mol. The lowest BCUT2D eigenvalue weighted by molar-refractivity contribution is -0.140. The number of carbonyl (C=O) groups excluding carboxylic acids is 2. The molecule has 1 N–H and O–H groups in total. The lowest BCUT2D eigenvalue weighted by Crippen LogP contribution is -2.35. The molecule has 0 saturated carbocycles. The van der Waals surface area contributed by atoms with E-state index in [4.69, 9.17) is 9.47 Å². The molecule has 0 spiro atoms. The van der Waals surface area contributed by atoms with Gasteiger partial charge in [0, 0.05) is 24.2 Å². The third kappa shape index (κ3) is 4.27. The van der Waals surface area contributed by atoms with E-state index in [2.05, 4.69) is 0 Å². The van der Waals surface area contributed by atoms with Gasteiger partial charge in [0.25, 0.3) is 11.7 Å². The van der Waals surface area contributed by atoms with Gasteiger partial charge in [0.15, 0.2) is 0 Å². The van der Waals surface area contributed by atoms with Crippen molar-refractivity contribution in [3.63, 3.8) is 0 Å². The van der Waals surface area contributed by atoms with E-state index in [0.29, 0.717) is 35.7 Å². The lowest BCUT2D eigenvalue weighted by Gasteiger charge is -2.27. The Morgan fingerprint density at radius 1 is 1.06 bits per heavy atom. The summed E-state index contributed by atoms with van der Waals surface area (Å²) in [5, 5.41) is 11.2. The molecule has 0 aromatic heterocycles. The number of nitrogens with zero attached hydrogens (tertiary/aromatic N) is 2. The minimum Gasteiger partial charge on any atom is -0.507 e. The van der Waals surface area contributed by atoms with Crippen LogP contribution in [0.15, 0.2) is 48.0 Å². The fourth-order valence-corrected chi connectivity index (χ4v) is 3.82. The van der Waals surface area contributed by atoms with Gasteiger partial charge in [-0.2, -0.15) is 0 Å². The number of methoxy groups -OCH3 is 2. The van der Waals surface area contributed by atoms with Crippen molar-refractivity contribution < 1.29 is 24.2 Å². The number of amides is 1. The van der Waals surface area contributed by atoms with Crippen LogP contribution < -0.4 is 9.47 Å². The molecule has 7 heteroatoms. The van der Waals surface area contributed by atoms with Gasteiger partial charge in [-0.3, -0.25) is 9.59 Å². The number of rotatable bonds is 7. The number of aryl methyl sites for hydroxylation is 1. The number of likely N-dealkylation sites (tertiary alicyclic amines) is 1. The third-order valence-electron chi connectivity index (χ3n) is 5.43. The quantitative estimate of drug-likeness (QED) is 0.418. The number of carbonyl (C=O) groups is 2. The summed E-state index contributed by atoms with van der Waals surface area (Å²) in [5.41, 5.74) is 1.96. The highest BCUT2D eigenvalue weighted by Gasteiger charge is 2.46. The predicted octanol–water partition coefficient (Wildman–Crippen LogP) is 3.00. The molecular weight excluding hydrogens is 396 g/mol. The molecule has 1 atom stereocenters. The van der Waals surface area contributed by atoms with Gasteiger partial charge < -0.3 is 24.4 Å². The van der Waals surface area contributed by atoms with E-state index in [1.807, 2.05) is 44.1 Å². The van der Waals surface area contributed by atoms with Crippen molar-refractivity contribution in [1.82, 2.24) is 9.80 Å². The second kappa shape index (κ2) is 9.22. The number of benzene rings is 2. The first-order valence-corrected chi connectivity index (χ1v) is 10.0. The molecule has 1 aliphatic rings. The Labute approximate surface area is 182 Å². The SMILES string of the molecule is COc1ccc(C(O)=C2C(=O)C(=O)N(CCN(C)C)C2c2ccccc2OC)cc1C. The van der Waals surface area contributed by atoms with Crippen LogP contribution in [0.2, 0.25) is 0 Å². The zero-order valence-corrected chi connectivity index (χ0v) is 18.5. The Morgan fingerprint density at radius 3 is 2.35 bits per heavy atom. The first-order chi connectivity index (χ1) is 14.8. The first-order valence-electron chi connectivity index (χ1n) is 10.0. The number of aliphatic hydroxyl groups is 1. The van der Waals surface area contributed by atoms with Crippen molar-refractivity contribution in [3.8, 4) is 11.5 Å². The molecule has 2 aromatic rings. The Balaban J connectivity index is 2.20. The average Bonchev–Trinajstić information content (AvgIpc) is 3.01. The van der Waals surface area contributed by atoms with Gasteiger partial charge >= 0.3 is 0 Å². The van der Waals surface area contributed by atoms with Gasteiger partial charge in [-0.1, -0.05) is 18.2 Å². The molecule has 0 bridgehead atoms. The molecule has 1 amide bonds. The molecule has 1 fully saturated rings. The number of ether oxygens (including phenoxy) is 2. The maximum absolute atomic E-state index is 13.1. The highest BCUT2D eigenvalue weighted by Crippen LogP contribution is 2.42. The molecule has 1 heterocycles. The standard InChI is InChI=1S/C24H28N2O5/c1-15-14-16(10-11-18(15)30-4)22(27)20-21(17-8-6-7-9-19(17)31-5)26(13-12-25(2)3)24(29)23(20)28/h6-11,14,21,27H,12-13H2,1-5H3. The Bertz CT molecular complexity index is 1030. The van der Waals surface area contributed by atoms with Gasteiger partial charge in [-0.05, 0) is 50.8 Å².